The van der Waals surface area contributed by atoms with Crippen molar-refractivity contribution in [3.05, 3.63) is 21.9 Å². The van der Waals surface area contributed by atoms with Crippen LogP contribution in [-0.2, 0) is 13.0 Å². The van der Waals surface area contributed by atoms with Crippen molar-refractivity contribution in [2.24, 2.45) is 5.92 Å². The second-order valence-corrected chi connectivity index (χ2v) is 6.58. The van der Waals surface area contributed by atoms with Gasteiger partial charge in [-0.3, -0.25) is 0 Å². The number of nitrogens with one attached hydrogen (secondary N) is 1. The van der Waals surface area contributed by atoms with Crippen LogP contribution in [0.5, 0.6) is 0 Å². The Morgan fingerprint density at radius 2 is 1.94 bits per heavy atom. The Balaban J connectivity index is 1.83. The van der Waals surface area contributed by atoms with Crippen molar-refractivity contribution >= 4 is 11.3 Å². The molecule has 2 heteroatoms. The number of thiophene rings is 1. The van der Waals surface area contributed by atoms with Crippen LogP contribution in [0.2, 0.25) is 0 Å². The lowest BCUT2D eigenvalue weighted by Crippen LogP contribution is -2.33. The quantitative estimate of drug-likeness (QED) is 0.784. The first kappa shape index (κ1) is 13.1. The number of hydrogen-bond acceptors (Lipinski definition) is 2. The predicted octanol–water partition coefficient (Wildman–Crippen LogP) is 4.37. The predicted molar refractivity (Wildman–Crippen MR) is 76.6 cm³/mol. The van der Waals surface area contributed by atoms with E-state index in [1.165, 1.54) is 48.3 Å². The first-order valence-electron chi connectivity index (χ1n) is 7.10. The zero-order chi connectivity index (χ0) is 12.1. The van der Waals surface area contributed by atoms with E-state index in [4.69, 9.17) is 0 Å². The van der Waals surface area contributed by atoms with Gasteiger partial charge >= 0.3 is 0 Å². The maximum absolute atomic E-state index is 3.78. The van der Waals surface area contributed by atoms with Crippen LogP contribution in [0, 0.1) is 5.92 Å². The van der Waals surface area contributed by atoms with Gasteiger partial charge in [-0.25, -0.2) is 0 Å². The summed E-state index contributed by atoms with van der Waals surface area (Å²) in [5.74, 6) is 0.850. The molecule has 0 radical (unpaired) electrons. The summed E-state index contributed by atoms with van der Waals surface area (Å²) >= 11 is 1.97. The molecule has 2 unspecified atom stereocenters. The van der Waals surface area contributed by atoms with Crippen molar-refractivity contribution < 1.29 is 0 Å². The fraction of sp³-hybridized carbons (Fsp3) is 0.733. The molecule has 1 aliphatic rings. The minimum atomic E-state index is 0.740. The molecule has 1 saturated carbocycles. The van der Waals surface area contributed by atoms with Crippen LogP contribution in [-0.4, -0.2) is 6.04 Å². The Kier molecular flexibility index (Phi) is 5.05. The molecule has 17 heavy (non-hydrogen) atoms. The minimum absolute atomic E-state index is 0.740. The molecular formula is C15H25NS. The van der Waals surface area contributed by atoms with Crippen molar-refractivity contribution in [2.75, 3.05) is 0 Å². The molecular weight excluding hydrogens is 226 g/mol. The van der Waals surface area contributed by atoms with Gasteiger partial charge < -0.3 is 5.32 Å². The van der Waals surface area contributed by atoms with Crippen molar-refractivity contribution in [2.45, 2.75) is 65.0 Å². The monoisotopic (exact) mass is 251 g/mol. The van der Waals surface area contributed by atoms with Gasteiger partial charge in [0.1, 0.15) is 0 Å². The lowest BCUT2D eigenvalue weighted by Gasteiger charge is -2.22. The Morgan fingerprint density at radius 1 is 1.18 bits per heavy atom. The first-order valence-corrected chi connectivity index (χ1v) is 7.92. The second-order valence-electron chi connectivity index (χ2n) is 5.32. The Labute approximate surface area is 110 Å². The highest BCUT2D eigenvalue weighted by atomic mass is 32.1. The van der Waals surface area contributed by atoms with E-state index in [1.807, 2.05) is 11.3 Å². The Bertz CT molecular complexity index is 331. The van der Waals surface area contributed by atoms with E-state index in [0.717, 1.165) is 18.5 Å². The van der Waals surface area contributed by atoms with Crippen molar-refractivity contribution in [3.63, 3.8) is 0 Å². The number of aryl methyl sites for hydroxylation is 1. The Hall–Kier alpha value is -0.340. The van der Waals surface area contributed by atoms with Crippen LogP contribution in [0.3, 0.4) is 0 Å². The van der Waals surface area contributed by atoms with Crippen molar-refractivity contribution in [3.8, 4) is 0 Å². The molecule has 1 aromatic heterocycles. The van der Waals surface area contributed by atoms with Gasteiger partial charge in [0.05, 0.1) is 0 Å². The zero-order valence-electron chi connectivity index (χ0n) is 11.2. The third-order valence-corrected chi connectivity index (χ3v) is 5.20. The summed E-state index contributed by atoms with van der Waals surface area (Å²) in [4.78, 5) is 3.01. The van der Waals surface area contributed by atoms with Crippen LogP contribution in [0.15, 0.2) is 12.1 Å². The molecule has 1 aromatic rings. The zero-order valence-corrected chi connectivity index (χ0v) is 12.0. The smallest absolute Gasteiger partial charge is 0.0302 e. The summed E-state index contributed by atoms with van der Waals surface area (Å²) in [6.07, 6.45) is 8.21. The topological polar surface area (TPSA) is 12.0 Å². The molecule has 96 valence electrons. The van der Waals surface area contributed by atoms with E-state index in [2.05, 4.69) is 31.3 Å². The fourth-order valence-corrected chi connectivity index (χ4v) is 3.64. The normalized spacial score (nSPS) is 25.8. The van der Waals surface area contributed by atoms with Gasteiger partial charge in [0.15, 0.2) is 0 Å². The van der Waals surface area contributed by atoms with Crippen LogP contribution in [0.1, 0.15) is 55.7 Å². The van der Waals surface area contributed by atoms with Gasteiger partial charge in [-0.2, -0.15) is 0 Å². The minimum Gasteiger partial charge on any atom is -0.309 e. The van der Waals surface area contributed by atoms with Crippen LogP contribution in [0.4, 0.5) is 0 Å². The summed E-state index contributed by atoms with van der Waals surface area (Å²) < 4.78 is 0. The highest BCUT2D eigenvalue weighted by Gasteiger charge is 2.19. The average Bonchev–Trinajstić information content (AvgIpc) is 2.70. The van der Waals surface area contributed by atoms with Gasteiger partial charge in [-0.1, -0.05) is 33.1 Å². The third kappa shape index (κ3) is 3.82. The summed E-state index contributed by atoms with van der Waals surface area (Å²) in [5, 5.41) is 3.78. The van der Waals surface area contributed by atoms with Crippen LogP contribution in [0.25, 0.3) is 0 Å². The van der Waals surface area contributed by atoms with Crippen LogP contribution < -0.4 is 5.32 Å². The molecule has 2 atom stereocenters. The molecule has 1 fully saturated rings. The van der Waals surface area contributed by atoms with Crippen molar-refractivity contribution in [1.29, 1.82) is 0 Å². The second kappa shape index (κ2) is 6.55. The van der Waals surface area contributed by atoms with Gasteiger partial charge in [0, 0.05) is 22.3 Å². The number of rotatable bonds is 4. The highest BCUT2D eigenvalue weighted by molar-refractivity contribution is 7.11. The summed E-state index contributed by atoms with van der Waals surface area (Å²) in [6.45, 7) is 5.71. The van der Waals surface area contributed by atoms with E-state index in [1.54, 1.807) is 0 Å². The molecule has 1 nitrogen and oxygen atoms in total. The maximum Gasteiger partial charge on any atom is 0.0302 e. The first-order chi connectivity index (χ1) is 8.29. The Morgan fingerprint density at radius 3 is 2.71 bits per heavy atom. The summed E-state index contributed by atoms with van der Waals surface area (Å²) in [6, 6.07) is 5.31. The lowest BCUT2D eigenvalue weighted by molar-refractivity contribution is 0.357. The molecule has 1 heterocycles. The maximum atomic E-state index is 3.78. The molecule has 2 rings (SSSR count). The fourth-order valence-electron chi connectivity index (χ4n) is 2.74. The molecule has 0 saturated heterocycles. The third-order valence-electron chi connectivity index (χ3n) is 3.97. The largest absolute Gasteiger partial charge is 0.309 e. The van der Waals surface area contributed by atoms with E-state index < -0.39 is 0 Å². The summed E-state index contributed by atoms with van der Waals surface area (Å²) in [7, 11) is 0. The van der Waals surface area contributed by atoms with Gasteiger partial charge in [-0.15, -0.1) is 11.3 Å². The van der Waals surface area contributed by atoms with Crippen molar-refractivity contribution in [1.82, 2.24) is 5.32 Å². The lowest BCUT2D eigenvalue weighted by atomic mass is 9.97. The van der Waals surface area contributed by atoms with E-state index in [-0.39, 0.29) is 0 Å². The van der Waals surface area contributed by atoms with Crippen LogP contribution >= 0.6 is 11.3 Å². The number of hydrogen-bond donors (Lipinski definition) is 1. The molecule has 0 aliphatic heterocycles. The highest BCUT2D eigenvalue weighted by Crippen LogP contribution is 2.24. The average molecular weight is 251 g/mol. The standard InChI is InChI=1S/C15H25NS/c1-3-13-9-10-14(17-13)11-16-15-8-6-4-5-7-12(15)2/h9-10,12,15-16H,3-8,11H2,1-2H3. The summed E-state index contributed by atoms with van der Waals surface area (Å²) in [5.41, 5.74) is 0. The SMILES string of the molecule is CCc1ccc(CNC2CCCCCC2C)s1. The molecule has 1 N–H and O–H groups in total. The van der Waals surface area contributed by atoms with Gasteiger partial charge in [-0.05, 0) is 37.3 Å². The van der Waals surface area contributed by atoms with E-state index in [9.17, 15) is 0 Å². The van der Waals surface area contributed by atoms with E-state index >= 15 is 0 Å². The molecule has 0 aromatic carbocycles. The van der Waals surface area contributed by atoms with E-state index in [0.29, 0.717) is 0 Å². The molecule has 0 spiro atoms. The molecule has 0 amide bonds. The molecule has 1 aliphatic carbocycles. The van der Waals surface area contributed by atoms with Gasteiger partial charge in [0.2, 0.25) is 0 Å². The van der Waals surface area contributed by atoms with Gasteiger partial charge in [0.25, 0.3) is 0 Å². The molecule has 0 bridgehead atoms.